The number of imide groups is 1. The number of pyridine rings is 1. The van der Waals surface area contributed by atoms with Crippen LogP contribution in [0.25, 0.3) is 5.69 Å². The van der Waals surface area contributed by atoms with Crippen molar-refractivity contribution in [1.82, 2.24) is 14.6 Å². The van der Waals surface area contributed by atoms with Gasteiger partial charge in [-0.25, -0.2) is 13.1 Å². The van der Waals surface area contributed by atoms with Crippen LogP contribution in [0.4, 0.5) is 11.5 Å². The summed E-state index contributed by atoms with van der Waals surface area (Å²) in [6.45, 7) is 1.32. The van der Waals surface area contributed by atoms with Gasteiger partial charge in [0.05, 0.1) is 32.2 Å². The molecule has 1 fully saturated rings. The largest absolute Gasteiger partial charge is 0.384 e. The molecule has 4 N–H and O–H groups in total. The van der Waals surface area contributed by atoms with Gasteiger partial charge in [-0.15, -0.1) is 0 Å². The van der Waals surface area contributed by atoms with Gasteiger partial charge < -0.3 is 5.73 Å². The predicted molar refractivity (Wildman–Crippen MR) is 103 cm³/mol. The zero-order chi connectivity index (χ0) is 22.0. The van der Waals surface area contributed by atoms with Crippen LogP contribution >= 0.6 is 0 Å². The third kappa shape index (κ3) is 3.04. The standard InChI is InChI=1S/C17H15N5O7S/c1-7-11(21-13(23)6-10-14(15(21)18)17(25)19-16(10)24)4-9(5-12(7)22(26)27)30(28,29)20-8-2-3-8/h4-6,8,20H,2-3,18H2,1H3,(H,19,24,25). The number of hydrogen-bond acceptors (Lipinski definition) is 8. The summed E-state index contributed by atoms with van der Waals surface area (Å²) in [5, 5.41) is 13.5. The number of amides is 2. The van der Waals surface area contributed by atoms with Gasteiger partial charge in [-0.05, 0) is 25.8 Å². The first-order valence-corrected chi connectivity index (χ1v) is 10.2. The van der Waals surface area contributed by atoms with Crippen molar-refractivity contribution in [3.05, 3.63) is 55.4 Å². The Morgan fingerprint density at radius 1 is 1.20 bits per heavy atom. The van der Waals surface area contributed by atoms with E-state index < -0.39 is 48.7 Å². The lowest BCUT2D eigenvalue weighted by atomic mass is 10.1. The Balaban J connectivity index is 2.01. The van der Waals surface area contributed by atoms with Crippen molar-refractivity contribution in [3.8, 4) is 5.69 Å². The molecule has 2 heterocycles. The molecule has 0 spiro atoms. The number of nitro groups is 1. The summed E-state index contributed by atoms with van der Waals surface area (Å²) >= 11 is 0. The zero-order valence-corrected chi connectivity index (χ0v) is 16.3. The van der Waals surface area contributed by atoms with Gasteiger partial charge in [0.25, 0.3) is 23.1 Å². The van der Waals surface area contributed by atoms with E-state index in [0.717, 1.165) is 22.8 Å². The molecule has 0 unspecified atom stereocenters. The third-order valence-electron chi connectivity index (χ3n) is 4.93. The number of anilines is 1. The lowest BCUT2D eigenvalue weighted by Crippen LogP contribution is -2.27. The summed E-state index contributed by atoms with van der Waals surface area (Å²) < 4.78 is 28.5. The van der Waals surface area contributed by atoms with Crippen LogP contribution in [0.15, 0.2) is 27.9 Å². The summed E-state index contributed by atoms with van der Waals surface area (Å²) in [6.07, 6.45) is 1.31. The third-order valence-corrected chi connectivity index (χ3v) is 6.43. The molecule has 4 rings (SSSR count). The molecule has 0 bridgehead atoms. The molecule has 1 saturated carbocycles. The molecule has 1 aliphatic heterocycles. The fourth-order valence-electron chi connectivity index (χ4n) is 3.25. The Hall–Kier alpha value is -3.58. The van der Waals surface area contributed by atoms with Crippen LogP contribution < -0.4 is 21.3 Å². The second kappa shape index (κ2) is 6.47. The maximum atomic E-state index is 12.7. The number of fused-ring (bicyclic) bond motifs is 1. The van der Waals surface area contributed by atoms with E-state index >= 15 is 0 Å². The molecule has 0 atom stereocenters. The van der Waals surface area contributed by atoms with Gasteiger partial charge >= 0.3 is 0 Å². The lowest BCUT2D eigenvalue weighted by Gasteiger charge is -2.16. The molecular formula is C17H15N5O7S. The molecule has 13 heteroatoms. The molecule has 1 aromatic heterocycles. The number of aromatic nitrogens is 1. The van der Waals surface area contributed by atoms with Crippen molar-refractivity contribution >= 4 is 33.3 Å². The molecule has 0 saturated heterocycles. The first kappa shape index (κ1) is 19.7. The van der Waals surface area contributed by atoms with Gasteiger partial charge in [0, 0.05) is 18.2 Å². The van der Waals surface area contributed by atoms with Gasteiger partial charge in [0.15, 0.2) is 0 Å². The number of carbonyl (C=O) groups excluding carboxylic acids is 2. The van der Waals surface area contributed by atoms with Gasteiger partial charge in [0.1, 0.15) is 5.82 Å². The van der Waals surface area contributed by atoms with Crippen molar-refractivity contribution in [1.29, 1.82) is 0 Å². The smallest absolute Gasteiger partial charge is 0.275 e. The van der Waals surface area contributed by atoms with Crippen molar-refractivity contribution in [2.45, 2.75) is 30.7 Å². The van der Waals surface area contributed by atoms with E-state index in [1.807, 2.05) is 5.32 Å². The number of nitrogens with zero attached hydrogens (tertiary/aromatic N) is 2. The van der Waals surface area contributed by atoms with Gasteiger partial charge in [0.2, 0.25) is 10.0 Å². The Morgan fingerprint density at radius 3 is 2.47 bits per heavy atom. The van der Waals surface area contributed by atoms with E-state index in [1.165, 1.54) is 6.92 Å². The number of sulfonamides is 1. The molecule has 0 radical (unpaired) electrons. The molecule has 1 aliphatic carbocycles. The van der Waals surface area contributed by atoms with E-state index in [9.17, 15) is 32.9 Å². The fraction of sp³-hybridized carbons (Fsp3) is 0.235. The number of benzene rings is 1. The molecule has 2 aromatic rings. The van der Waals surface area contributed by atoms with Gasteiger partial charge in [-0.3, -0.25) is 34.4 Å². The molecule has 1 aromatic carbocycles. The normalized spacial score (nSPS) is 15.8. The van der Waals surface area contributed by atoms with E-state index in [2.05, 4.69) is 4.72 Å². The molecule has 2 amide bonds. The molecule has 12 nitrogen and oxygen atoms in total. The van der Waals surface area contributed by atoms with Crippen LogP contribution in [0.1, 0.15) is 39.1 Å². The number of nitrogens with one attached hydrogen (secondary N) is 2. The maximum absolute atomic E-state index is 12.7. The summed E-state index contributed by atoms with van der Waals surface area (Å²) in [6, 6.07) is 2.60. The van der Waals surface area contributed by atoms with Gasteiger partial charge in [-0.1, -0.05) is 0 Å². The fourth-order valence-corrected chi connectivity index (χ4v) is 4.60. The van der Waals surface area contributed by atoms with E-state index in [0.29, 0.717) is 12.8 Å². The van der Waals surface area contributed by atoms with Crippen molar-refractivity contribution in [2.75, 3.05) is 5.73 Å². The Kier molecular flexibility index (Phi) is 4.25. The van der Waals surface area contributed by atoms with E-state index in [4.69, 9.17) is 5.73 Å². The average molecular weight is 433 g/mol. The van der Waals surface area contributed by atoms with Crippen LogP contribution in [-0.4, -0.2) is 35.8 Å². The van der Waals surface area contributed by atoms with Crippen LogP contribution in [-0.2, 0) is 10.0 Å². The monoisotopic (exact) mass is 433 g/mol. The number of hydrogen-bond donors (Lipinski definition) is 3. The second-order valence-corrected chi connectivity index (χ2v) is 8.73. The minimum absolute atomic E-state index is 0.0381. The van der Waals surface area contributed by atoms with Crippen molar-refractivity contribution < 1.29 is 22.9 Å². The Bertz CT molecular complexity index is 1320. The summed E-state index contributed by atoms with van der Waals surface area (Å²) in [5.41, 5.74) is 3.89. The highest BCUT2D eigenvalue weighted by Crippen LogP contribution is 2.32. The predicted octanol–water partition coefficient (Wildman–Crippen LogP) is -0.0394. The minimum Gasteiger partial charge on any atom is -0.384 e. The lowest BCUT2D eigenvalue weighted by molar-refractivity contribution is -0.385. The first-order valence-electron chi connectivity index (χ1n) is 8.74. The summed E-state index contributed by atoms with van der Waals surface area (Å²) in [4.78, 5) is 46.9. The van der Waals surface area contributed by atoms with Crippen LogP contribution in [0.3, 0.4) is 0 Å². The second-order valence-electron chi connectivity index (χ2n) is 7.01. The highest BCUT2D eigenvalue weighted by Gasteiger charge is 2.34. The SMILES string of the molecule is Cc1c(-n2c(N)c3c(cc2=O)C(=O)NC3=O)cc(S(=O)(=O)NC2CC2)cc1[N+](=O)[O-]. The molecule has 156 valence electrons. The summed E-state index contributed by atoms with van der Waals surface area (Å²) in [7, 11) is -4.10. The highest BCUT2D eigenvalue weighted by molar-refractivity contribution is 7.89. The number of rotatable bonds is 5. The van der Waals surface area contributed by atoms with Crippen LogP contribution in [0.2, 0.25) is 0 Å². The van der Waals surface area contributed by atoms with Crippen molar-refractivity contribution in [3.63, 3.8) is 0 Å². The zero-order valence-electron chi connectivity index (χ0n) is 15.5. The molecule has 30 heavy (non-hydrogen) atoms. The summed E-state index contributed by atoms with van der Waals surface area (Å²) in [5.74, 6) is -2.05. The molecule has 2 aliphatic rings. The topological polar surface area (TPSA) is 183 Å². The minimum atomic E-state index is -4.10. The number of carbonyl (C=O) groups is 2. The molecular weight excluding hydrogens is 418 g/mol. The number of nitro benzene ring substituents is 1. The number of nitrogens with two attached hydrogens (primary N) is 1. The maximum Gasteiger partial charge on any atom is 0.275 e. The number of nitrogen functional groups attached to an aromatic ring is 1. The first-order chi connectivity index (χ1) is 14.0. The quantitative estimate of drug-likeness (QED) is 0.333. The Labute approximate surface area is 168 Å². The Morgan fingerprint density at radius 2 is 1.87 bits per heavy atom. The van der Waals surface area contributed by atoms with Crippen molar-refractivity contribution in [2.24, 2.45) is 0 Å². The van der Waals surface area contributed by atoms with E-state index in [1.54, 1.807) is 0 Å². The highest BCUT2D eigenvalue weighted by atomic mass is 32.2. The average Bonchev–Trinajstić information content (AvgIpc) is 3.39. The van der Waals surface area contributed by atoms with E-state index in [-0.39, 0.29) is 28.4 Å². The van der Waals surface area contributed by atoms with Gasteiger partial charge in [-0.2, -0.15) is 0 Å². The van der Waals surface area contributed by atoms with Crippen LogP contribution in [0.5, 0.6) is 0 Å². The van der Waals surface area contributed by atoms with Crippen LogP contribution in [0, 0.1) is 17.0 Å².